The van der Waals surface area contributed by atoms with E-state index in [1.165, 1.54) is 29.2 Å². The highest BCUT2D eigenvalue weighted by atomic mass is 79.9. The number of benzene rings is 2. The van der Waals surface area contributed by atoms with Crippen LogP contribution in [0, 0.1) is 5.82 Å². The highest BCUT2D eigenvalue weighted by Crippen LogP contribution is 2.40. The van der Waals surface area contributed by atoms with Gasteiger partial charge in [-0.2, -0.15) is 0 Å². The van der Waals surface area contributed by atoms with Gasteiger partial charge in [0.1, 0.15) is 11.6 Å². The highest BCUT2D eigenvalue weighted by Gasteiger charge is 2.45. The number of ketones is 1. The summed E-state index contributed by atoms with van der Waals surface area (Å²) >= 11 is 3.45. The Hall–Kier alpha value is -2.55. The van der Waals surface area contributed by atoms with Crippen molar-refractivity contribution in [1.82, 2.24) is 9.80 Å². The molecule has 2 aromatic carbocycles. The van der Waals surface area contributed by atoms with Crippen molar-refractivity contribution in [2.75, 3.05) is 39.4 Å². The SMILES string of the molecule is O=C1C(=O)N(CCCN2CCOCC2)[C@@H](c2cccc(Br)c2)C1=C(O)c1ccc(F)cc1. The lowest BCUT2D eigenvalue weighted by Crippen LogP contribution is -2.38. The number of halogens is 2. The minimum Gasteiger partial charge on any atom is -0.507 e. The predicted octanol–water partition coefficient (Wildman–Crippen LogP) is 3.73. The van der Waals surface area contributed by atoms with Crippen molar-refractivity contribution in [2.45, 2.75) is 12.5 Å². The number of amides is 1. The Kier molecular flexibility index (Phi) is 7.03. The zero-order valence-corrected chi connectivity index (χ0v) is 19.1. The molecular formula is C24H24BrFN2O4. The van der Waals surface area contributed by atoms with Gasteiger partial charge in [-0.1, -0.05) is 28.1 Å². The van der Waals surface area contributed by atoms with Crippen molar-refractivity contribution in [3.05, 3.63) is 75.5 Å². The number of carbonyl (C=O) groups is 2. The molecule has 2 aliphatic rings. The Balaban J connectivity index is 1.67. The summed E-state index contributed by atoms with van der Waals surface area (Å²) < 4.78 is 19.5. The number of carbonyl (C=O) groups excluding carboxylic acids is 2. The molecule has 6 nitrogen and oxygen atoms in total. The summed E-state index contributed by atoms with van der Waals surface area (Å²) in [5, 5.41) is 11.0. The van der Waals surface area contributed by atoms with Gasteiger partial charge in [0.2, 0.25) is 0 Å². The summed E-state index contributed by atoms with van der Waals surface area (Å²) in [7, 11) is 0. The maximum atomic E-state index is 13.4. The molecule has 32 heavy (non-hydrogen) atoms. The van der Waals surface area contributed by atoms with Gasteiger partial charge in [0.25, 0.3) is 11.7 Å². The molecule has 4 rings (SSSR count). The number of nitrogens with zero attached hydrogens (tertiary/aromatic N) is 2. The largest absolute Gasteiger partial charge is 0.507 e. The molecule has 0 aliphatic carbocycles. The minimum absolute atomic E-state index is 0.0195. The van der Waals surface area contributed by atoms with E-state index in [4.69, 9.17) is 4.74 Å². The van der Waals surface area contributed by atoms with Crippen LogP contribution in [0.2, 0.25) is 0 Å². The van der Waals surface area contributed by atoms with Gasteiger partial charge >= 0.3 is 0 Å². The first-order chi connectivity index (χ1) is 15.5. The molecule has 1 N–H and O–H groups in total. The fourth-order valence-electron chi connectivity index (χ4n) is 4.19. The van der Waals surface area contributed by atoms with Gasteiger partial charge in [0.05, 0.1) is 24.8 Å². The molecule has 2 aromatic rings. The van der Waals surface area contributed by atoms with Crippen LogP contribution in [-0.2, 0) is 14.3 Å². The fraction of sp³-hybridized carbons (Fsp3) is 0.333. The fourth-order valence-corrected chi connectivity index (χ4v) is 4.60. The average molecular weight is 503 g/mol. The van der Waals surface area contributed by atoms with Crippen LogP contribution < -0.4 is 0 Å². The summed E-state index contributed by atoms with van der Waals surface area (Å²) in [6.45, 7) is 4.24. The van der Waals surface area contributed by atoms with Crippen molar-refractivity contribution in [2.24, 2.45) is 0 Å². The molecule has 0 bridgehead atoms. The lowest BCUT2D eigenvalue weighted by Gasteiger charge is -2.29. The average Bonchev–Trinajstić information content (AvgIpc) is 3.05. The Bertz CT molecular complexity index is 1030. The molecule has 2 aliphatic heterocycles. The first-order valence-corrected chi connectivity index (χ1v) is 11.3. The van der Waals surface area contributed by atoms with Crippen LogP contribution in [0.1, 0.15) is 23.6 Å². The molecule has 168 valence electrons. The first kappa shape index (κ1) is 22.6. The summed E-state index contributed by atoms with van der Waals surface area (Å²) in [4.78, 5) is 29.8. The van der Waals surface area contributed by atoms with Crippen molar-refractivity contribution in [1.29, 1.82) is 0 Å². The summed E-state index contributed by atoms with van der Waals surface area (Å²) in [6.07, 6.45) is 0.689. The number of rotatable bonds is 6. The first-order valence-electron chi connectivity index (χ1n) is 10.6. The van der Waals surface area contributed by atoms with Crippen molar-refractivity contribution < 1.29 is 23.8 Å². The molecule has 2 heterocycles. The standard InChI is InChI=1S/C24H24BrFN2O4/c25-18-4-1-3-17(15-18)21-20(22(29)16-5-7-19(26)8-6-16)23(30)24(31)28(21)10-2-9-27-11-13-32-14-12-27/h1,3-8,15,21,29H,2,9-14H2/t21-/m0/s1. The number of hydrogen-bond acceptors (Lipinski definition) is 5. The van der Waals surface area contributed by atoms with E-state index >= 15 is 0 Å². The smallest absolute Gasteiger partial charge is 0.295 e. The topological polar surface area (TPSA) is 70.1 Å². The molecule has 2 fully saturated rings. The van der Waals surface area contributed by atoms with E-state index in [0.717, 1.165) is 24.1 Å². The third kappa shape index (κ3) is 4.77. The Morgan fingerprint density at radius 3 is 2.50 bits per heavy atom. The lowest BCUT2D eigenvalue weighted by atomic mass is 9.95. The van der Waals surface area contributed by atoms with Gasteiger partial charge in [-0.3, -0.25) is 14.5 Å². The molecule has 2 saturated heterocycles. The molecule has 0 unspecified atom stereocenters. The molecule has 0 spiro atoms. The third-order valence-corrected chi connectivity index (χ3v) is 6.29. The molecule has 1 amide bonds. The van der Waals surface area contributed by atoms with E-state index in [1.807, 2.05) is 24.3 Å². The third-order valence-electron chi connectivity index (χ3n) is 5.80. The van der Waals surface area contributed by atoms with E-state index in [-0.39, 0.29) is 16.9 Å². The monoisotopic (exact) mass is 502 g/mol. The van der Waals surface area contributed by atoms with Crippen LogP contribution in [0.25, 0.3) is 5.76 Å². The molecule has 0 saturated carbocycles. The van der Waals surface area contributed by atoms with Crippen LogP contribution in [-0.4, -0.2) is 66.0 Å². The van der Waals surface area contributed by atoms with Gasteiger partial charge in [0, 0.05) is 36.2 Å². The summed E-state index contributed by atoms with van der Waals surface area (Å²) in [6, 6.07) is 11.8. The van der Waals surface area contributed by atoms with E-state index in [9.17, 15) is 19.1 Å². The zero-order valence-electron chi connectivity index (χ0n) is 17.5. The van der Waals surface area contributed by atoms with Gasteiger partial charge < -0.3 is 14.7 Å². The Morgan fingerprint density at radius 1 is 1.09 bits per heavy atom. The molecule has 0 aromatic heterocycles. The molecule has 8 heteroatoms. The van der Waals surface area contributed by atoms with E-state index in [1.54, 1.807) is 0 Å². The summed E-state index contributed by atoms with van der Waals surface area (Å²) in [5.74, 6) is -2.12. The van der Waals surface area contributed by atoms with E-state index in [2.05, 4.69) is 20.8 Å². The highest BCUT2D eigenvalue weighted by molar-refractivity contribution is 9.10. The van der Waals surface area contributed by atoms with Gasteiger partial charge in [-0.15, -0.1) is 0 Å². The Labute approximate surface area is 194 Å². The van der Waals surface area contributed by atoms with Gasteiger partial charge in [-0.25, -0.2) is 4.39 Å². The molecule has 0 radical (unpaired) electrons. The zero-order chi connectivity index (χ0) is 22.7. The van der Waals surface area contributed by atoms with Crippen LogP contribution in [0.4, 0.5) is 4.39 Å². The van der Waals surface area contributed by atoms with Crippen LogP contribution in [0.3, 0.4) is 0 Å². The number of aliphatic hydroxyl groups is 1. The predicted molar refractivity (Wildman–Crippen MR) is 121 cm³/mol. The maximum absolute atomic E-state index is 13.4. The molecular weight excluding hydrogens is 479 g/mol. The van der Waals surface area contributed by atoms with E-state index < -0.39 is 23.5 Å². The number of morpholine rings is 1. The normalized spacial score (nSPS) is 21.3. The maximum Gasteiger partial charge on any atom is 0.295 e. The number of Topliss-reactive ketones (excluding diaryl/α,β-unsaturated/α-hetero) is 1. The van der Waals surface area contributed by atoms with Crippen molar-refractivity contribution in [3.8, 4) is 0 Å². The van der Waals surface area contributed by atoms with Crippen molar-refractivity contribution >= 4 is 33.4 Å². The van der Waals surface area contributed by atoms with Gasteiger partial charge in [-0.05, 0) is 48.4 Å². The minimum atomic E-state index is -0.733. The second-order valence-electron chi connectivity index (χ2n) is 7.86. The lowest BCUT2D eigenvalue weighted by molar-refractivity contribution is -0.140. The number of hydrogen-bond donors (Lipinski definition) is 1. The van der Waals surface area contributed by atoms with Crippen LogP contribution >= 0.6 is 15.9 Å². The Morgan fingerprint density at radius 2 is 1.81 bits per heavy atom. The second kappa shape index (κ2) is 9.94. The van der Waals surface area contributed by atoms with Crippen molar-refractivity contribution in [3.63, 3.8) is 0 Å². The van der Waals surface area contributed by atoms with Crippen LogP contribution in [0.15, 0.2) is 58.6 Å². The molecule has 1 atom stereocenters. The van der Waals surface area contributed by atoms with Gasteiger partial charge in [0.15, 0.2) is 0 Å². The summed E-state index contributed by atoms with van der Waals surface area (Å²) in [5.41, 5.74) is 1.03. The van der Waals surface area contributed by atoms with E-state index in [0.29, 0.717) is 31.7 Å². The second-order valence-corrected chi connectivity index (χ2v) is 8.78. The van der Waals surface area contributed by atoms with Crippen LogP contribution in [0.5, 0.6) is 0 Å². The number of aliphatic hydroxyl groups excluding tert-OH is 1. The number of ether oxygens (including phenoxy) is 1. The number of likely N-dealkylation sites (tertiary alicyclic amines) is 1. The quantitative estimate of drug-likeness (QED) is 0.370.